The summed E-state index contributed by atoms with van der Waals surface area (Å²) in [5.74, 6) is -2.51. The first-order valence-electron chi connectivity index (χ1n) is 7.31. The molecule has 2 rings (SSSR count). The van der Waals surface area contributed by atoms with Gasteiger partial charge in [-0.25, -0.2) is 9.59 Å². The minimum absolute atomic E-state index is 0.0350. The Hall–Kier alpha value is -2.39. The summed E-state index contributed by atoms with van der Waals surface area (Å²) >= 11 is 0. The van der Waals surface area contributed by atoms with Crippen molar-refractivity contribution in [3.63, 3.8) is 0 Å². The summed E-state index contributed by atoms with van der Waals surface area (Å²) in [5, 5.41) is 18.8. The summed E-state index contributed by atoms with van der Waals surface area (Å²) < 4.78 is 43.0. The van der Waals surface area contributed by atoms with Crippen LogP contribution in [0.5, 0.6) is 0 Å². The Kier molecular flexibility index (Phi) is 8.09. The molecular formula is C16H18F3NO5. The Morgan fingerprint density at radius 3 is 2.36 bits per heavy atom. The number of hydrogen-bond acceptors (Lipinski definition) is 4. The highest BCUT2D eigenvalue weighted by molar-refractivity contribution is 5.89. The van der Waals surface area contributed by atoms with E-state index in [1.54, 1.807) is 6.07 Å². The average molecular weight is 361 g/mol. The molecule has 1 aliphatic heterocycles. The van der Waals surface area contributed by atoms with Crippen molar-refractivity contribution >= 4 is 11.9 Å². The molecule has 0 saturated carbocycles. The maximum atomic E-state index is 12.5. The van der Waals surface area contributed by atoms with Crippen LogP contribution in [0, 0.1) is 0 Å². The summed E-state index contributed by atoms with van der Waals surface area (Å²) in [4.78, 5) is 19.1. The number of hydrogen-bond donors (Lipinski definition) is 3. The molecule has 25 heavy (non-hydrogen) atoms. The Bertz CT molecular complexity index is 594. The van der Waals surface area contributed by atoms with E-state index in [-0.39, 0.29) is 6.10 Å². The highest BCUT2D eigenvalue weighted by Gasteiger charge is 2.30. The minimum Gasteiger partial charge on any atom is -0.478 e. The standard InChI is InChI=1S/C12H14F3NO.C4H4O4/c13-12(14,15)10-3-1-2-9(6-10)7-11-8-16-4-5-17-11;5-3(6)1-2-4(7)8/h1-3,6,11,16H,4-5,7-8H2;1-2H,(H,5,6)(H,7,8)/b;2-1+. The van der Waals surface area contributed by atoms with E-state index in [2.05, 4.69) is 5.32 Å². The molecule has 6 nitrogen and oxygen atoms in total. The predicted octanol–water partition coefficient (Wildman–Crippen LogP) is 1.95. The molecule has 1 aliphatic rings. The number of aliphatic carboxylic acids is 2. The normalized spacial score (nSPS) is 17.6. The lowest BCUT2D eigenvalue weighted by molar-refractivity contribution is -0.137. The number of carboxylic acids is 2. The van der Waals surface area contributed by atoms with Gasteiger partial charge in [-0.1, -0.05) is 18.2 Å². The molecule has 9 heteroatoms. The number of halogens is 3. The van der Waals surface area contributed by atoms with Gasteiger partial charge in [0.15, 0.2) is 0 Å². The third-order valence-corrected chi connectivity index (χ3v) is 3.09. The van der Waals surface area contributed by atoms with E-state index in [1.165, 1.54) is 12.1 Å². The van der Waals surface area contributed by atoms with Gasteiger partial charge in [-0.05, 0) is 18.1 Å². The second-order valence-corrected chi connectivity index (χ2v) is 5.11. The maximum absolute atomic E-state index is 12.5. The molecule has 1 fully saturated rings. The van der Waals surface area contributed by atoms with Crippen LogP contribution in [0.25, 0.3) is 0 Å². The second kappa shape index (κ2) is 9.80. The Balaban J connectivity index is 0.000000333. The van der Waals surface area contributed by atoms with Gasteiger partial charge in [-0.2, -0.15) is 13.2 Å². The van der Waals surface area contributed by atoms with Crippen LogP contribution in [-0.4, -0.2) is 48.0 Å². The smallest absolute Gasteiger partial charge is 0.416 e. The number of morpholine rings is 1. The zero-order valence-corrected chi connectivity index (χ0v) is 13.1. The van der Waals surface area contributed by atoms with Crippen molar-refractivity contribution in [2.75, 3.05) is 19.7 Å². The van der Waals surface area contributed by atoms with Gasteiger partial charge in [-0.3, -0.25) is 0 Å². The van der Waals surface area contributed by atoms with Crippen molar-refractivity contribution in [3.8, 4) is 0 Å². The Morgan fingerprint density at radius 2 is 1.88 bits per heavy atom. The zero-order valence-electron chi connectivity index (χ0n) is 13.1. The van der Waals surface area contributed by atoms with Crippen molar-refractivity contribution in [3.05, 3.63) is 47.5 Å². The van der Waals surface area contributed by atoms with Crippen LogP contribution in [-0.2, 0) is 26.9 Å². The van der Waals surface area contributed by atoms with E-state index in [4.69, 9.17) is 14.9 Å². The van der Waals surface area contributed by atoms with Crippen molar-refractivity contribution in [1.29, 1.82) is 0 Å². The third kappa shape index (κ3) is 8.87. The number of carboxylic acid groups (broad SMARTS) is 2. The predicted molar refractivity (Wildman–Crippen MR) is 82.2 cm³/mol. The van der Waals surface area contributed by atoms with E-state index in [1.807, 2.05) is 0 Å². The van der Waals surface area contributed by atoms with Gasteiger partial charge in [0.1, 0.15) is 0 Å². The van der Waals surface area contributed by atoms with Crippen LogP contribution in [0.4, 0.5) is 13.2 Å². The summed E-state index contributed by atoms with van der Waals surface area (Å²) in [5.41, 5.74) is 0.0623. The lowest BCUT2D eigenvalue weighted by Gasteiger charge is -2.23. The SMILES string of the molecule is FC(F)(F)c1cccc(CC2CNCCO2)c1.O=C(O)/C=C/C(=O)O. The fraction of sp³-hybridized carbons (Fsp3) is 0.375. The monoisotopic (exact) mass is 361 g/mol. The second-order valence-electron chi connectivity index (χ2n) is 5.11. The van der Waals surface area contributed by atoms with Gasteiger partial charge in [0.2, 0.25) is 0 Å². The molecule has 1 atom stereocenters. The number of ether oxygens (including phenoxy) is 1. The number of benzene rings is 1. The van der Waals surface area contributed by atoms with Crippen LogP contribution in [0.15, 0.2) is 36.4 Å². The molecule has 0 aliphatic carbocycles. The molecule has 3 N–H and O–H groups in total. The van der Waals surface area contributed by atoms with Gasteiger partial charge < -0.3 is 20.3 Å². The zero-order chi connectivity index (χ0) is 18.9. The molecule has 138 valence electrons. The fourth-order valence-electron chi connectivity index (χ4n) is 2.03. The van der Waals surface area contributed by atoms with E-state index in [9.17, 15) is 22.8 Å². The highest BCUT2D eigenvalue weighted by Crippen LogP contribution is 2.29. The van der Waals surface area contributed by atoms with E-state index in [0.29, 0.717) is 37.3 Å². The number of nitrogens with one attached hydrogen (secondary N) is 1. The molecule has 0 radical (unpaired) electrons. The average Bonchev–Trinajstić information content (AvgIpc) is 2.54. The fourth-order valence-corrected chi connectivity index (χ4v) is 2.03. The largest absolute Gasteiger partial charge is 0.478 e. The first kappa shape index (κ1) is 20.7. The maximum Gasteiger partial charge on any atom is 0.416 e. The van der Waals surface area contributed by atoms with Crippen LogP contribution >= 0.6 is 0 Å². The topological polar surface area (TPSA) is 95.9 Å². The van der Waals surface area contributed by atoms with Gasteiger partial charge in [0.25, 0.3) is 0 Å². The molecule has 0 amide bonds. The minimum atomic E-state index is -4.28. The lowest BCUT2D eigenvalue weighted by atomic mass is 10.0. The first-order chi connectivity index (χ1) is 11.7. The molecule has 1 aromatic carbocycles. The van der Waals surface area contributed by atoms with Gasteiger partial charge >= 0.3 is 18.1 Å². The quantitative estimate of drug-likeness (QED) is 0.710. The molecule has 0 spiro atoms. The van der Waals surface area contributed by atoms with Gasteiger partial charge in [0, 0.05) is 25.2 Å². The molecular weight excluding hydrogens is 343 g/mol. The molecule has 1 heterocycles. The van der Waals surface area contributed by atoms with Crippen molar-refractivity contribution in [1.82, 2.24) is 5.32 Å². The number of carbonyl (C=O) groups is 2. The highest BCUT2D eigenvalue weighted by atomic mass is 19.4. The van der Waals surface area contributed by atoms with Gasteiger partial charge in [0.05, 0.1) is 18.3 Å². The summed E-state index contributed by atoms with van der Waals surface area (Å²) in [7, 11) is 0. The first-order valence-corrected chi connectivity index (χ1v) is 7.31. The Morgan fingerprint density at radius 1 is 1.24 bits per heavy atom. The number of rotatable bonds is 4. The van der Waals surface area contributed by atoms with E-state index < -0.39 is 23.7 Å². The van der Waals surface area contributed by atoms with Crippen molar-refractivity contribution in [2.45, 2.75) is 18.7 Å². The lowest BCUT2D eigenvalue weighted by Crippen LogP contribution is -2.39. The Labute approximate surface area is 141 Å². The third-order valence-electron chi connectivity index (χ3n) is 3.09. The molecule has 0 aromatic heterocycles. The molecule has 1 aromatic rings. The summed E-state index contributed by atoms with van der Waals surface area (Å²) in [6, 6.07) is 5.42. The van der Waals surface area contributed by atoms with Crippen molar-refractivity contribution in [2.24, 2.45) is 0 Å². The molecule has 0 bridgehead atoms. The van der Waals surface area contributed by atoms with Crippen molar-refractivity contribution < 1.29 is 37.7 Å². The van der Waals surface area contributed by atoms with E-state index >= 15 is 0 Å². The summed E-state index contributed by atoms with van der Waals surface area (Å²) in [6.07, 6.45) is -2.68. The van der Waals surface area contributed by atoms with Gasteiger partial charge in [-0.15, -0.1) is 0 Å². The summed E-state index contributed by atoms with van der Waals surface area (Å²) in [6.45, 7) is 2.11. The molecule has 1 saturated heterocycles. The molecule has 1 unspecified atom stereocenters. The van der Waals surface area contributed by atoms with Crippen LogP contribution in [0.3, 0.4) is 0 Å². The van der Waals surface area contributed by atoms with Crippen LogP contribution < -0.4 is 5.32 Å². The van der Waals surface area contributed by atoms with Crippen LogP contribution in [0.2, 0.25) is 0 Å². The van der Waals surface area contributed by atoms with Crippen LogP contribution in [0.1, 0.15) is 11.1 Å². The number of alkyl halides is 3. The van der Waals surface area contributed by atoms with E-state index in [0.717, 1.165) is 12.6 Å².